The first-order chi connectivity index (χ1) is 20.7. The molecule has 0 spiro atoms. The molecule has 2 N–H and O–H groups in total. The van der Waals surface area contributed by atoms with Gasteiger partial charge in [0.05, 0.1) is 4.91 Å². The van der Waals surface area contributed by atoms with Gasteiger partial charge in [0.1, 0.15) is 23.7 Å². The zero-order valence-electron chi connectivity index (χ0n) is 27.1. The lowest BCUT2D eigenvalue weighted by Gasteiger charge is -2.38. The predicted octanol–water partition coefficient (Wildman–Crippen LogP) is 7.98. The number of hydrogen-bond donors (Lipinski definition) is 2. The van der Waals surface area contributed by atoms with Crippen molar-refractivity contribution >= 4 is 35.1 Å². The first-order valence-corrected chi connectivity index (χ1v) is 16.3. The summed E-state index contributed by atoms with van der Waals surface area (Å²) in [6, 6.07) is 7.47. The molecule has 44 heavy (non-hydrogen) atoms. The van der Waals surface area contributed by atoms with Gasteiger partial charge in [0.2, 0.25) is 0 Å². The fraction of sp³-hybridized carbons (Fsp3) is 0.514. The van der Waals surface area contributed by atoms with E-state index in [-0.39, 0.29) is 16.7 Å². The Morgan fingerprint density at radius 3 is 2.36 bits per heavy atom. The third kappa shape index (κ3) is 7.97. The maximum Gasteiger partial charge on any atom is 0.407 e. The topological polar surface area (TPSA) is 105 Å². The molecule has 1 saturated heterocycles. The summed E-state index contributed by atoms with van der Waals surface area (Å²) in [5, 5.41) is 11.4. The highest BCUT2D eigenvalue weighted by atomic mass is 32.2. The van der Waals surface area contributed by atoms with Crippen LogP contribution in [0.3, 0.4) is 0 Å². The largest absolute Gasteiger partial charge is 0.489 e. The maximum absolute atomic E-state index is 11.8. The van der Waals surface area contributed by atoms with E-state index in [0.717, 1.165) is 73.8 Å². The molecule has 0 aromatic heterocycles. The molecule has 0 bridgehead atoms. The Morgan fingerprint density at radius 2 is 1.75 bits per heavy atom. The second-order valence-electron chi connectivity index (χ2n) is 13.2. The first-order valence-electron chi connectivity index (χ1n) is 15.5. The van der Waals surface area contributed by atoms with Gasteiger partial charge in [0.15, 0.2) is 0 Å². The molecule has 0 radical (unpaired) electrons. The molecule has 2 aliphatic rings. The minimum Gasteiger partial charge on any atom is -0.489 e. The van der Waals surface area contributed by atoms with Gasteiger partial charge < -0.3 is 19.5 Å². The Labute approximate surface area is 265 Å². The summed E-state index contributed by atoms with van der Waals surface area (Å²) in [6.45, 7) is 15.5. The number of thioether (sulfide) groups is 1. The fourth-order valence-electron chi connectivity index (χ4n) is 5.97. The zero-order valence-corrected chi connectivity index (χ0v) is 27.9. The van der Waals surface area contributed by atoms with Gasteiger partial charge in [-0.05, 0) is 144 Å². The molecule has 2 aromatic carbocycles. The summed E-state index contributed by atoms with van der Waals surface area (Å²) >= 11 is 0.904. The molecule has 2 heterocycles. The number of fused-ring (bicyclic) bond motifs is 1. The van der Waals surface area contributed by atoms with Crippen LogP contribution in [0.25, 0.3) is 6.08 Å². The molecular formula is C35H46N2O6S. The number of unbranched alkanes of at least 4 members (excludes halogenated alkanes) is 3. The minimum absolute atomic E-state index is 0.352. The van der Waals surface area contributed by atoms with Crippen LogP contribution in [-0.2, 0) is 17.6 Å². The van der Waals surface area contributed by atoms with Gasteiger partial charge in [-0.2, -0.15) is 0 Å². The van der Waals surface area contributed by atoms with Crippen LogP contribution in [0.4, 0.5) is 9.59 Å². The van der Waals surface area contributed by atoms with E-state index in [2.05, 4.69) is 33.0 Å². The second kappa shape index (κ2) is 13.7. The number of carboxylic acid groups (broad SMARTS) is 1. The third-order valence-electron chi connectivity index (χ3n) is 8.75. The van der Waals surface area contributed by atoms with E-state index in [1.54, 1.807) is 6.08 Å². The molecule has 4 rings (SSSR count). The number of nitrogens with one attached hydrogen (secondary N) is 1. The van der Waals surface area contributed by atoms with Gasteiger partial charge in [-0.3, -0.25) is 14.9 Å². The summed E-state index contributed by atoms with van der Waals surface area (Å²) in [5.41, 5.74) is 6.50. The number of imide groups is 1. The summed E-state index contributed by atoms with van der Waals surface area (Å²) in [7, 11) is 0. The summed E-state index contributed by atoms with van der Waals surface area (Å²) < 4.78 is 12.8. The Kier molecular flexibility index (Phi) is 10.4. The Bertz CT molecular complexity index is 1440. The van der Waals surface area contributed by atoms with Gasteiger partial charge in [0.25, 0.3) is 11.1 Å². The van der Waals surface area contributed by atoms with Crippen molar-refractivity contribution in [1.82, 2.24) is 10.2 Å². The van der Waals surface area contributed by atoms with Crippen molar-refractivity contribution in [2.75, 3.05) is 13.2 Å². The molecule has 8 nitrogen and oxygen atoms in total. The molecule has 9 heteroatoms. The first kappa shape index (κ1) is 33.4. The third-order valence-corrected chi connectivity index (χ3v) is 9.56. The quantitative estimate of drug-likeness (QED) is 0.193. The number of carbonyl (C=O) groups excluding carboxylic acids is 2. The van der Waals surface area contributed by atoms with E-state index < -0.39 is 11.7 Å². The SMILES string of the molecule is Cc1c(C)c2c(c(C)c1CCCCCCN(C(=O)O)C(C)(C)C)CCC(C)(COc1ccc(C=C3SC(=O)NC3=O)cc1)O2. The molecule has 1 atom stereocenters. The lowest BCUT2D eigenvalue weighted by atomic mass is 9.84. The second-order valence-corrected chi connectivity index (χ2v) is 14.2. The van der Waals surface area contributed by atoms with Crippen LogP contribution in [0, 0.1) is 20.8 Å². The number of ether oxygens (including phenoxy) is 2. The predicted molar refractivity (Wildman–Crippen MR) is 176 cm³/mol. The summed E-state index contributed by atoms with van der Waals surface area (Å²) in [6.07, 6.45) is 7.68. The average molecular weight is 623 g/mol. The van der Waals surface area contributed by atoms with Crippen molar-refractivity contribution in [2.45, 2.75) is 105 Å². The average Bonchev–Trinajstić information content (AvgIpc) is 3.27. The van der Waals surface area contributed by atoms with E-state index >= 15 is 0 Å². The zero-order chi connectivity index (χ0) is 32.2. The van der Waals surface area contributed by atoms with Crippen LogP contribution in [0.15, 0.2) is 29.2 Å². The highest BCUT2D eigenvalue weighted by Gasteiger charge is 2.35. The molecular weight excluding hydrogens is 576 g/mol. The van der Waals surface area contributed by atoms with Gasteiger partial charge in [0, 0.05) is 12.1 Å². The number of benzene rings is 2. The van der Waals surface area contributed by atoms with Crippen molar-refractivity contribution in [2.24, 2.45) is 0 Å². The minimum atomic E-state index is -0.850. The molecule has 238 valence electrons. The number of rotatable bonds is 11. The fourth-order valence-corrected chi connectivity index (χ4v) is 6.65. The molecule has 0 aliphatic carbocycles. The normalized spacial score (nSPS) is 19.0. The van der Waals surface area contributed by atoms with Crippen LogP contribution in [-0.4, -0.2) is 51.5 Å². The van der Waals surface area contributed by atoms with Crippen molar-refractivity contribution in [3.8, 4) is 11.5 Å². The van der Waals surface area contributed by atoms with Crippen molar-refractivity contribution in [3.63, 3.8) is 0 Å². The van der Waals surface area contributed by atoms with Crippen LogP contribution in [0.5, 0.6) is 11.5 Å². The molecule has 2 aliphatic heterocycles. The van der Waals surface area contributed by atoms with E-state index in [1.165, 1.54) is 32.7 Å². The summed E-state index contributed by atoms with van der Waals surface area (Å²) in [4.78, 5) is 36.7. The Balaban J connectivity index is 1.32. The Morgan fingerprint density at radius 1 is 1.07 bits per heavy atom. The van der Waals surface area contributed by atoms with E-state index in [1.807, 2.05) is 45.0 Å². The standard InChI is InChI=1S/C35H46N2O6S/c1-22-23(2)30-28(24(3)27(22)12-10-8-9-11-19-37(33(40)41)34(4,5)6)17-18-35(7,43-30)21-42-26-15-13-25(14-16-26)20-29-31(38)36-32(39)44-29/h13-16,20H,8-12,17-19,21H2,1-7H3,(H,40,41)(H,36,38,39). The van der Waals surface area contributed by atoms with Crippen molar-refractivity contribution in [1.29, 1.82) is 0 Å². The lowest BCUT2D eigenvalue weighted by molar-refractivity contribution is -0.115. The maximum atomic E-state index is 11.8. The monoisotopic (exact) mass is 622 g/mol. The van der Waals surface area contributed by atoms with Crippen LogP contribution >= 0.6 is 11.8 Å². The molecule has 0 saturated carbocycles. The van der Waals surface area contributed by atoms with E-state index in [9.17, 15) is 19.5 Å². The number of hydrogen-bond acceptors (Lipinski definition) is 6. The Hall–Kier alpha value is -3.46. The van der Waals surface area contributed by atoms with Crippen molar-refractivity contribution < 1.29 is 29.0 Å². The number of amides is 3. The number of nitrogens with zero attached hydrogens (tertiary/aromatic N) is 1. The van der Waals surface area contributed by atoms with Crippen LogP contribution in [0.1, 0.15) is 93.2 Å². The van der Waals surface area contributed by atoms with Crippen molar-refractivity contribution in [3.05, 3.63) is 62.6 Å². The van der Waals surface area contributed by atoms with E-state index in [0.29, 0.717) is 18.1 Å². The smallest absolute Gasteiger partial charge is 0.407 e. The van der Waals surface area contributed by atoms with Gasteiger partial charge in [-0.15, -0.1) is 0 Å². The van der Waals surface area contributed by atoms with Crippen LogP contribution < -0.4 is 14.8 Å². The van der Waals surface area contributed by atoms with Gasteiger partial charge >= 0.3 is 6.09 Å². The molecule has 3 amide bonds. The van der Waals surface area contributed by atoms with Gasteiger partial charge in [-0.25, -0.2) is 4.79 Å². The molecule has 1 fully saturated rings. The van der Waals surface area contributed by atoms with E-state index in [4.69, 9.17) is 9.47 Å². The lowest BCUT2D eigenvalue weighted by Crippen LogP contribution is -2.45. The molecule has 2 aromatic rings. The van der Waals surface area contributed by atoms with Crippen LogP contribution in [0.2, 0.25) is 0 Å². The highest BCUT2D eigenvalue weighted by molar-refractivity contribution is 8.18. The summed E-state index contributed by atoms with van der Waals surface area (Å²) in [5.74, 6) is 1.34. The number of carbonyl (C=O) groups is 3. The highest BCUT2D eigenvalue weighted by Crippen LogP contribution is 2.41. The van der Waals surface area contributed by atoms with Gasteiger partial charge in [-0.1, -0.05) is 25.0 Å². The molecule has 1 unspecified atom stereocenters.